The molecule has 4 nitrogen and oxygen atoms in total. The van der Waals surface area contributed by atoms with Gasteiger partial charge in [-0.05, 0) is 12.3 Å². The third-order valence-electron chi connectivity index (χ3n) is 3.09. The second-order valence-corrected chi connectivity index (χ2v) is 4.58. The van der Waals surface area contributed by atoms with Crippen LogP contribution in [0.1, 0.15) is 26.7 Å². The summed E-state index contributed by atoms with van der Waals surface area (Å²) >= 11 is 0. The standard InChI is InChI=1S/C12H21NO3/c1-10(2)11(9-14)3-4-12(15)13-5-7-16-8-6-13/h9-11H,3-8H2,1-2H3. The summed E-state index contributed by atoms with van der Waals surface area (Å²) in [7, 11) is 0. The summed E-state index contributed by atoms with van der Waals surface area (Å²) in [5.74, 6) is 0.468. The summed E-state index contributed by atoms with van der Waals surface area (Å²) in [5.41, 5.74) is 0. The van der Waals surface area contributed by atoms with E-state index in [0.717, 1.165) is 6.29 Å². The van der Waals surface area contributed by atoms with E-state index < -0.39 is 0 Å². The first-order valence-electron chi connectivity index (χ1n) is 5.96. The maximum Gasteiger partial charge on any atom is 0.222 e. The fraction of sp³-hybridized carbons (Fsp3) is 0.833. The zero-order valence-electron chi connectivity index (χ0n) is 10.1. The molecule has 92 valence electrons. The SMILES string of the molecule is CC(C)C(C=O)CCC(=O)N1CCOCC1. The Morgan fingerprint density at radius 1 is 1.38 bits per heavy atom. The van der Waals surface area contributed by atoms with Crippen LogP contribution in [0.15, 0.2) is 0 Å². The molecule has 0 aromatic heterocycles. The number of rotatable bonds is 5. The van der Waals surface area contributed by atoms with Crippen LogP contribution in [-0.4, -0.2) is 43.4 Å². The Morgan fingerprint density at radius 2 is 2.00 bits per heavy atom. The summed E-state index contributed by atoms with van der Waals surface area (Å²) in [4.78, 5) is 24.4. The number of hydrogen-bond acceptors (Lipinski definition) is 3. The zero-order valence-corrected chi connectivity index (χ0v) is 10.1. The highest BCUT2D eigenvalue weighted by molar-refractivity contribution is 5.76. The number of carbonyl (C=O) groups is 2. The normalized spacial score (nSPS) is 18.6. The van der Waals surface area contributed by atoms with Crippen LogP contribution < -0.4 is 0 Å². The molecule has 1 rings (SSSR count). The van der Waals surface area contributed by atoms with Crippen molar-refractivity contribution >= 4 is 12.2 Å². The van der Waals surface area contributed by atoms with Crippen molar-refractivity contribution in [2.45, 2.75) is 26.7 Å². The van der Waals surface area contributed by atoms with Gasteiger partial charge in [-0.1, -0.05) is 13.8 Å². The number of aldehydes is 1. The van der Waals surface area contributed by atoms with E-state index in [2.05, 4.69) is 0 Å². The molecule has 0 bridgehead atoms. The van der Waals surface area contributed by atoms with Crippen LogP contribution in [0.4, 0.5) is 0 Å². The molecule has 0 spiro atoms. The third kappa shape index (κ3) is 3.93. The van der Waals surface area contributed by atoms with Gasteiger partial charge in [0, 0.05) is 25.4 Å². The van der Waals surface area contributed by atoms with Crippen molar-refractivity contribution in [2.24, 2.45) is 11.8 Å². The van der Waals surface area contributed by atoms with Crippen LogP contribution >= 0.6 is 0 Å². The van der Waals surface area contributed by atoms with Crippen molar-refractivity contribution < 1.29 is 14.3 Å². The number of morpholine rings is 1. The predicted molar refractivity (Wildman–Crippen MR) is 61.0 cm³/mol. The lowest BCUT2D eigenvalue weighted by atomic mass is 9.92. The molecule has 1 saturated heterocycles. The van der Waals surface area contributed by atoms with Gasteiger partial charge >= 0.3 is 0 Å². The third-order valence-corrected chi connectivity index (χ3v) is 3.09. The summed E-state index contributed by atoms with van der Waals surface area (Å²) in [5, 5.41) is 0. The van der Waals surface area contributed by atoms with Crippen LogP contribution in [0.3, 0.4) is 0 Å². The van der Waals surface area contributed by atoms with Crippen molar-refractivity contribution in [3.63, 3.8) is 0 Å². The van der Waals surface area contributed by atoms with E-state index in [1.807, 2.05) is 18.7 Å². The fourth-order valence-electron chi connectivity index (χ4n) is 1.82. The Bertz CT molecular complexity index is 234. The molecule has 0 aromatic carbocycles. The lowest BCUT2D eigenvalue weighted by Gasteiger charge is -2.27. The molecule has 0 radical (unpaired) electrons. The van der Waals surface area contributed by atoms with E-state index in [9.17, 15) is 9.59 Å². The highest BCUT2D eigenvalue weighted by atomic mass is 16.5. The maximum atomic E-state index is 11.8. The van der Waals surface area contributed by atoms with Crippen molar-refractivity contribution in [3.8, 4) is 0 Å². The monoisotopic (exact) mass is 227 g/mol. The van der Waals surface area contributed by atoms with Crippen LogP contribution in [0.2, 0.25) is 0 Å². The average Bonchev–Trinajstić information content (AvgIpc) is 2.30. The lowest BCUT2D eigenvalue weighted by molar-refractivity contribution is -0.135. The summed E-state index contributed by atoms with van der Waals surface area (Å²) in [6.45, 7) is 6.66. The molecular formula is C12H21NO3. The molecular weight excluding hydrogens is 206 g/mol. The molecule has 16 heavy (non-hydrogen) atoms. The number of nitrogens with zero attached hydrogens (tertiary/aromatic N) is 1. The molecule has 1 heterocycles. The largest absolute Gasteiger partial charge is 0.378 e. The van der Waals surface area contributed by atoms with E-state index in [1.54, 1.807) is 0 Å². The second-order valence-electron chi connectivity index (χ2n) is 4.58. The van der Waals surface area contributed by atoms with Gasteiger partial charge in [-0.25, -0.2) is 0 Å². The van der Waals surface area contributed by atoms with Gasteiger partial charge in [0.25, 0.3) is 0 Å². The molecule has 1 atom stereocenters. The molecule has 0 saturated carbocycles. The first kappa shape index (κ1) is 13.2. The maximum absolute atomic E-state index is 11.8. The summed E-state index contributed by atoms with van der Waals surface area (Å²) in [6, 6.07) is 0. The number of amides is 1. The van der Waals surface area contributed by atoms with Crippen LogP contribution in [0.5, 0.6) is 0 Å². The van der Waals surface area contributed by atoms with Gasteiger partial charge in [0.2, 0.25) is 5.91 Å². The lowest BCUT2D eigenvalue weighted by Crippen LogP contribution is -2.40. The number of ether oxygens (including phenoxy) is 1. The van der Waals surface area contributed by atoms with Gasteiger partial charge < -0.3 is 14.4 Å². The van der Waals surface area contributed by atoms with Crippen molar-refractivity contribution in [1.82, 2.24) is 4.90 Å². The Balaban J connectivity index is 2.30. The Kier molecular flexibility index (Phi) is 5.46. The van der Waals surface area contributed by atoms with E-state index >= 15 is 0 Å². The first-order chi connectivity index (χ1) is 7.65. The Labute approximate surface area is 96.9 Å². The minimum Gasteiger partial charge on any atom is -0.378 e. The van der Waals surface area contributed by atoms with Gasteiger partial charge in [-0.15, -0.1) is 0 Å². The van der Waals surface area contributed by atoms with Gasteiger partial charge in [0.1, 0.15) is 6.29 Å². The topological polar surface area (TPSA) is 46.6 Å². The second kappa shape index (κ2) is 6.63. The molecule has 1 amide bonds. The quantitative estimate of drug-likeness (QED) is 0.661. The molecule has 0 N–H and O–H groups in total. The van der Waals surface area contributed by atoms with Gasteiger partial charge in [-0.2, -0.15) is 0 Å². The Morgan fingerprint density at radius 3 is 2.50 bits per heavy atom. The molecule has 1 aliphatic rings. The van der Waals surface area contributed by atoms with Gasteiger partial charge in [-0.3, -0.25) is 4.79 Å². The predicted octanol–water partition coefficient (Wildman–Crippen LogP) is 1.10. The summed E-state index contributed by atoms with van der Waals surface area (Å²) < 4.78 is 5.18. The van der Waals surface area contributed by atoms with Crippen molar-refractivity contribution in [1.29, 1.82) is 0 Å². The first-order valence-corrected chi connectivity index (χ1v) is 5.96. The highest BCUT2D eigenvalue weighted by Crippen LogP contribution is 2.15. The minimum atomic E-state index is 0.00462. The fourth-order valence-corrected chi connectivity index (χ4v) is 1.82. The number of carbonyl (C=O) groups excluding carboxylic acids is 2. The Hall–Kier alpha value is -0.900. The minimum absolute atomic E-state index is 0.00462. The highest BCUT2D eigenvalue weighted by Gasteiger charge is 2.19. The van der Waals surface area contributed by atoms with E-state index in [4.69, 9.17) is 4.74 Å². The smallest absolute Gasteiger partial charge is 0.222 e. The molecule has 1 unspecified atom stereocenters. The molecule has 0 aromatic rings. The van der Waals surface area contributed by atoms with Crippen LogP contribution in [0.25, 0.3) is 0 Å². The van der Waals surface area contributed by atoms with E-state index in [-0.39, 0.29) is 11.8 Å². The van der Waals surface area contributed by atoms with Gasteiger partial charge in [0.15, 0.2) is 0 Å². The molecule has 1 aliphatic heterocycles. The molecule has 0 aliphatic carbocycles. The average molecular weight is 227 g/mol. The number of hydrogen-bond donors (Lipinski definition) is 0. The van der Waals surface area contributed by atoms with E-state index in [1.165, 1.54) is 0 Å². The van der Waals surface area contributed by atoms with Crippen molar-refractivity contribution in [3.05, 3.63) is 0 Å². The molecule has 4 heteroatoms. The van der Waals surface area contributed by atoms with Crippen molar-refractivity contribution in [2.75, 3.05) is 26.3 Å². The van der Waals surface area contributed by atoms with E-state index in [0.29, 0.717) is 45.1 Å². The van der Waals surface area contributed by atoms with Crippen LogP contribution in [-0.2, 0) is 14.3 Å². The van der Waals surface area contributed by atoms with Gasteiger partial charge in [0.05, 0.1) is 13.2 Å². The van der Waals surface area contributed by atoms with Crippen LogP contribution in [0, 0.1) is 11.8 Å². The zero-order chi connectivity index (χ0) is 12.0. The summed E-state index contributed by atoms with van der Waals surface area (Å²) in [6.07, 6.45) is 2.11. The molecule has 1 fully saturated rings.